The molecule has 0 spiro atoms. The maximum atomic E-state index is 7.17. The van der Waals surface area contributed by atoms with E-state index in [1.165, 1.54) is 0 Å². The van der Waals surface area contributed by atoms with Gasteiger partial charge in [0.1, 0.15) is 5.75 Å². The van der Waals surface area contributed by atoms with Crippen LogP contribution in [0.15, 0.2) is 24.3 Å². The Hall–Kier alpha value is 0.0662. The maximum absolute atomic E-state index is 7.17. The number of nitrogens with one attached hydrogen (secondary N) is 1. The van der Waals surface area contributed by atoms with E-state index in [4.69, 9.17) is 10.5 Å². The molecule has 4 heteroatoms. The third-order valence-electron chi connectivity index (χ3n) is 1.17. The van der Waals surface area contributed by atoms with Gasteiger partial charge in [0.15, 0.2) is 0 Å². The van der Waals surface area contributed by atoms with Gasteiger partial charge in [0.05, 0.1) is 6.61 Å². The number of ether oxygens (including phenoxy) is 1. The second-order valence-electron chi connectivity index (χ2n) is 1.96. The molecular formula is C8H10BrMgNO. The largest absolute Gasteiger partial charge is 2.00 e. The van der Waals surface area contributed by atoms with E-state index in [1.54, 1.807) is 24.3 Å². The van der Waals surface area contributed by atoms with Crippen LogP contribution in [0, 0.1) is 0 Å². The molecule has 2 nitrogen and oxygen atoms in total. The van der Waals surface area contributed by atoms with Gasteiger partial charge < -0.3 is 27.5 Å². The third kappa shape index (κ3) is 4.85. The van der Waals surface area contributed by atoms with Crippen molar-refractivity contribution in [2.24, 2.45) is 0 Å². The van der Waals surface area contributed by atoms with Crippen LogP contribution in [0.4, 0.5) is 5.69 Å². The molecule has 0 atom stereocenters. The first-order valence-electron chi connectivity index (χ1n) is 3.27. The Kier molecular flexibility index (Phi) is 9.36. The molecule has 0 aromatic heterocycles. The Labute approximate surface area is 99.4 Å². The molecular weight excluding hydrogens is 230 g/mol. The van der Waals surface area contributed by atoms with Crippen molar-refractivity contribution in [3.63, 3.8) is 0 Å². The van der Waals surface area contributed by atoms with Crippen molar-refractivity contribution in [1.82, 2.24) is 0 Å². The van der Waals surface area contributed by atoms with Crippen molar-refractivity contribution in [2.75, 3.05) is 6.61 Å². The number of halogens is 1. The van der Waals surface area contributed by atoms with E-state index in [0.29, 0.717) is 12.3 Å². The molecule has 1 aromatic carbocycles. The van der Waals surface area contributed by atoms with Crippen LogP contribution in [0.2, 0.25) is 0 Å². The Morgan fingerprint density at radius 1 is 1.25 bits per heavy atom. The molecule has 0 saturated heterocycles. The van der Waals surface area contributed by atoms with Gasteiger partial charge in [0, 0.05) is 0 Å². The minimum atomic E-state index is 0. The molecule has 0 aliphatic rings. The smallest absolute Gasteiger partial charge is 1.00 e. The number of hydrogen-bond acceptors (Lipinski definition) is 1. The van der Waals surface area contributed by atoms with Crippen molar-refractivity contribution in [3.8, 4) is 5.75 Å². The Morgan fingerprint density at radius 2 is 1.75 bits per heavy atom. The summed E-state index contributed by atoms with van der Waals surface area (Å²) in [5, 5.41) is 0. The van der Waals surface area contributed by atoms with Gasteiger partial charge >= 0.3 is 23.1 Å². The fraction of sp³-hybridized carbons (Fsp3) is 0.250. The number of benzene rings is 1. The van der Waals surface area contributed by atoms with E-state index in [9.17, 15) is 0 Å². The predicted molar refractivity (Wildman–Crippen MR) is 47.3 cm³/mol. The Morgan fingerprint density at radius 3 is 2.17 bits per heavy atom. The molecule has 0 fully saturated rings. The topological polar surface area (TPSA) is 33.0 Å². The molecule has 0 aliphatic heterocycles. The summed E-state index contributed by atoms with van der Waals surface area (Å²) < 4.78 is 5.18. The first-order valence-corrected chi connectivity index (χ1v) is 3.27. The number of hydrogen-bond donors (Lipinski definition) is 0. The zero-order valence-electron chi connectivity index (χ0n) is 7.01. The van der Waals surface area contributed by atoms with Crippen molar-refractivity contribution in [2.45, 2.75) is 6.92 Å². The van der Waals surface area contributed by atoms with Crippen molar-refractivity contribution >= 4 is 28.7 Å². The SMILES string of the molecule is CCOc1ccc([NH-])cc1.[Br-].[Mg+2]. The predicted octanol–water partition coefficient (Wildman–Crippen LogP) is -0.608. The van der Waals surface area contributed by atoms with Gasteiger partial charge in [0.25, 0.3) is 0 Å². The van der Waals surface area contributed by atoms with E-state index in [1.807, 2.05) is 6.92 Å². The van der Waals surface area contributed by atoms with Crippen LogP contribution in [-0.2, 0) is 0 Å². The summed E-state index contributed by atoms with van der Waals surface area (Å²) in [6, 6.07) is 7.02. The van der Waals surface area contributed by atoms with Gasteiger partial charge in [-0.2, -0.15) is 0 Å². The summed E-state index contributed by atoms with van der Waals surface area (Å²) in [5.74, 6) is 0.832. The van der Waals surface area contributed by atoms with Crippen LogP contribution < -0.4 is 21.7 Å². The molecule has 0 heterocycles. The third-order valence-corrected chi connectivity index (χ3v) is 1.17. The van der Waals surface area contributed by atoms with E-state index in [2.05, 4.69) is 0 Å². The first kappa shape index (κ1) is 14.6. The maximum Gasteiger partial charge on any atom is 2.00 e. The molecule has 0 aliphatic carbocycles. The second-order valence-corrected chi connectivity index (χ2v) is 1.96. The second kappa shape index (κ2) is 7.70. The summed E-state index contributed by atoms with van der Waals surface area (Å²) in [6.07, 6.45) is 0. The Bertz CT molecular complexity index is 203. The normalized spacial score (nSPS) is 7.75. The molecule has 62 valence electrons. The van der Waals surface area contributed by atoms with Gasteiger partial charge in [-0.25, -0.2) is 0 Å². The zero-order chi connectivity index (χ0) is 7.40. The van der Waals surface area contributed by atoms with Crippen molar-refractivity contribution < 1.29 is 21.7 Å². The summed E-state index contributed by atoms with van der Waals surface area (Å²) >= 11 is 0. The monoisotopic (exact) mass is 239 g/mol. The molecule has 0 unspecified atom stereocenters. The number of rotatable bonds is 2. The fourth-order valence-electron chi connectivity index (χ4n) is 0.718. The molecule has 1 aromatic rings. The average Bonchev–Trinajstić information content (AvgIpc) is 1.95. The van der Waals surface area contributed by atoms with Gasteiger partial charge in [0.2, 0.25) is 0 Å². The molecule has 1 N–H and O–H groups in total. The Balaban J connectivity index is 0. The van der Waals surface area contributed by atoms with E-state index in [-0.39, 0.29) is 40.0 Å². The molecule has 0 saturated carbocycles. The minimum Gasteiger partial charge on any atom is -1.00 e. The fourth-order valence-corrected chi connectivity index (χ4v) is 0.718. The van der Waals surface area contributed by atoms with Crippen LogP contribution in [0.3, 0.4) is 0 Å². The van der Waals surface area contributed by atoms with Crippen LogP contribution in [-0.4, -0.2) is 29.7 Å². The summed E-state index contributed by atoms with van der Waals surface area (Å²) in [5.41, 5.74) is 7.69. The molecule has 0 radical (unpaired) electrons. The van der Waals surface area contributed by atoms with E-state index < -0.39 is 0 Å². The summed E-state index contributed by atoms with van der Waals surface area (Å²) in [6.45, 7) is 2.62. The van der Waals surface area contributed by atoms with E-state index >= 15 is 0 Å². The standard InChI is InChI=1S/C8H10NO.BrH.Mg/c1-2-10-8-5-3-7(9)4-6-8;;/h3-6,9H,2H2,1H3;1H;/q-1;;+2/p-1. The van der Waals surface area contributed by atoms with Gasteiger partial charge in [-0.15, -0.1) is 5.69 Å². The molecule has 1 rings (SSSR count). The molecule has 12 heavy (non-hydrogen) atoms. The minimum absolute atomic E-state index is 0. The molecule has 0 bridgehead atoms. The quantitative estimate of drug-likeness (QED) is 0.635. The van der Waals surface area contributed by atoms with Crippen molar-refractivity contribution in [1.29, 1.82) is 0 Å². The van der Waals surface area contributed by atoms with Crippen LogP contribution in [0.5, 0.6) is 5.75 Å². The van der Waals surface area contributed by atoms with Gasteiger partial charge in [-0.3, -0.25) is 0 Å². The zero-order valence-corrected chi connectivity index (χ0v) is 10.0. The van der Waals surface area contributed by atoms with Crippen LogP contribution in [0.25, 0.3) is 5.73 Å². The van der Waals surface area contributed by atoms with Gasteiger partial charge in [-0.1, -0.05) is 12.1 Å². The molecule has 0 amide bonds. The van der Waals surface area contributed by atoms with E-state index in [0.717, 1.165) is 5.75 Å². The van der Waals surface area contributed by atoms with Crippen LogP contribution >= 0.6 is 0 Å². The van der Waals surface area contributed by atoms with Gasteiger partial charge in [-0.05, 0) is 19.1 Å². The first-order chi connectivity index (χ1) is 4.83. The van der Waals surface area contributed by atoms with Crippen molar-refractivity contribution in [3.05, 3.63) is 30.0 Å². The summed E-state index contributed by atoms with van der Waals surface area (Å²) in [4.78, 5) is 0. The summed E-state index contributed by atoms with van der Waals surface area (Å²) in [7, 11) is 0. The van der Waals surface area contributed by atoms with Crippen LogP contribution in [0.1, 0.15) is 6.92 Å². The average molecular weight is 240 g/mol.